The van der Waals surface area contributed by atoms with Crippen molar-refractivity contribution in [3.8, 4) is 0 Å². The van der Waals surface area contributed by atoms with Gasteiger partial charge >= 0.3 is 0 Å². The van der Waals surface area contributed by atoms with Crippen molar-refractivity contribution in [3.63, 3.8) is 0 Å². The zero-order valence-corrected chi connectivity index (χ0v) is 7.62. The summed E-state index contributed by atoms with van der Waals surface area (Å²) < 4.78 is 5.35. The molecule has 0 N–H and O–H groups in total. The molecule has 0 unspecified atom stereocenters. The number of carbonyl (C=O) groups excluding carboxylic acids is 1. The lowest BCUT2D eigenvalue weighted by molar-refractivity contribution is -0.131. The first-order chi connectivity index (χ1) is 5.75. The maximum atomic E-state index is 11.6. The second-order valence-corrected chi connectivity index (χ2v) is 3.73. The van der Waals surface area contributed by atoms with Gasteiger partial charge in [-0.1, -0.05) is 6.92 Å². The number of rotatable bonds is 1. The Morgan fingerprint density at radius 2 is 2.33 bits per heavy atom. The van der Waals surface area contributed by atoms with Gasteiger partial charge in [0.15, 0.2) is 0 Å². The Kier molecular flexibility index (Phi) is 1.83. The average Bonchev–Trinajstić information content (AvgIpc) is 2.59. The first kappa shape index (κ1) is 8.05. The van der Waals surface area contributed by atoms with Crippen LogP contribution in [0.15, 0.2) is 0 Å². The lowest BCUT2D eigenvalue weighted by atomic mass is 10.0. The summed E-state index contributed by atoms with van der Waals surface area (Å²) in [5.41, 5.74) is 0. The normalized spacial score (nSPS) is 40.7. The van der Waals surface area contributed by atoms with Crippen LogP contribution in [0.1, 0.15) is 19.8 Å². The highest BCUT2D eigenvalue weighted by Gasteiger charge is 2.47. The molecule has 2 fully saturated rings. The molecule has 68 valence electrons. The van der Waals surface area contributed by atoms with Crippen LogP contribution in [0.2, 0.25) is 0 Å². The first-order valence-electron chi connectivity index (χ1n) is 4.59. The van der Waals surface area contributed by atoms with Crippen molar-refractivity contribution in [1.82, 2.24) is 4.90 Å². The van der Waals surface area contributed by atoms with Gasteiger partial charge in [0.1, 0.15) is 0 Å². The molecule has 2 saturated heterocycles. The Morgan fingerprint density at radius 3 is 3.00 bits per heavy atom. The summed E-state index contributed by atoms with van der Waals surface area (Å²) in [4.78, 5) is 13.6. The van der Waals surface area contributed by atoms with E-state index >= 15 is 0 Å². The Morgan fingerprint density at radius 1 is 1.58 bits per heavy atom. The van der Waals surface area contributed by atoms with E-state index in [2.05, 4.69) is 0 Å². The van der Waals surface area contributed by atoms with Gasteiger partial charge in [-0.05, 0) is 12.8 Å². The molecule has 0 saturated carbocycles. The molecule has 2 heterocycles. The number of hydrogen-bond acceptors (Lipinski definition) is 2. The topological polar surface area (TPSA) is 29.5 Å². The molecular formula is C9H15NO2. The molecule has 3 atom stereocenters. The minimum atomic E-state index is 0.0697. The van der Waals surface area contributed by atoms with Crippen LogP contribution in [0.4, 0.5) is 0 Å². The fourth-order valence-electron chi connectivity index (χ4n) is 2.50. The lowest BCUT2D eigenvalue weighted by Gasteiger charge is -2.18. The Labute approximate surface area is 72.7 Å². The fraction of sp³-hybridized carbons (Fsp3) is 0.889. The van der Waals surface area contributed by atoms with E-state index in [-0.39, 0.29) is 17.9 Å². The number of carbonyl (C=O) groups is 1. The smallest absolute Gasteiger partial charge is 0.228 e. The molecule has 2 aliphatic rings. The molecule has 2 aliphatic heterocycles. The largest absolute Gasteiger partial charge is 0.378 e. The Bertz CT molecular complexity index is 205. The van der Waals surface area contributed by atoms with Gasteiger partial charge in [-0.3, -0.25) is 4.79 Å². The molecule has 0 aromatic heterocycles. The van der Waals surface area contributed by atoms with E-state index in [4.69, 9.17) is 4.74 Å². The summed E-state index contributed by atoms with van der Waals surface area (Å²) in [6, 6.07) is 0.373. The van der Waals surface area contributed by atoms with Crippen LogP contribution in [0.25, 0.3) is 0 Å². The summed E-state index contributed by atoms with van der Waals surface area (Å²) in [5, 5.41) is 0. The molecule has 0 aliphatic carbocycles. The second-order valence-electron chi connectivity index (χ2n) is 3.73. The van der Waals surface area contributed by atoms with Gasteiger partial charge in [0, 0.05) is 13.7 Å². The van der Waals surface area contributed by atoms with Crippen LogP contribution >= 0.6 is 0 Å². The van der Waals surface area contributed by atoms with E-state index in [1.807, 2.05) is 11.8 Å². The molecule has 2 rings (SSSR count). The number of amides is 1. The monoisotopic (exact) mass is 169 g/mol. The fourth-order valence-corrected chi connectivity index (χ4v) is 2.50. The van der Waals surface area contributed by atoms with Crippen molar-refractivity contribution in [2.75, 3.05) is 13.7 Å². The third-order valence-electron chi connectivity index (χ3n) is 3.12. The van der Waals surface area contributed by atoms with Crippen molar-refractivity contribution in [3.05, 3.63) is 0 Å². The zero-order valence-electron chi connectivity index (χ0n) is 7.62. The van der Waals surface area contributed by atoms with Crippen LogP contribution < -0.4 is 0 Å². The van der Waals surface area contributed by atoms with Crippen molar-refractivity contribution >= 4 is 5.91 Å². The van der Waals surface area contributed by atoms with Crippen molar-refractivity contribution in [2.24, 2.45) is 5.92 Å². The van der Waals surface area contributed by atoms with Crippen LogP contribution in [0.3, 0.4) is 0 Å². The molecule has 0 radical (unpaired) electrons. The molecule has 3 nitrogen and oxygen atoms in total. The first-order valence-corrected chi connectivity index (χ1v) is 4.59. The van der Waals surface area contributed by atoms with Crippen LogP contribution in [-0.2, 0) is 9.53 Å². The maximum absolute atomic E-state index is 11.6. The number of ether oxygens (including phenoxy) is 1. The number of fused-ring (bicyclic) bond motifs is 1. The third-order valence-corrected chi connectivity index (χ3v) is 3.12. The third kappa shape index (κ3) is 0.891. The van der Waals surface area contributed by atoms with E-state index < -0.39 is 0 Å². The minimum absolute atomic E-state index is 0.0697. The highest BCUT2D eigenvalue weighted by atomic mass is 16.5. The van der Waals surface area contributed by atoms with E-state index in [1.54, 1.807) is 7.11 Å². The Balaban J connectivity index is 2.21. The molecule has 1 amide bonds. The predicted molar refractivity (Wildman–Crippen MR) is 44.7 cm³/mol. The summed E-state index contributed by atoms with van der Waals surface area (Å²) in [6.07, 6.45) is 2.40. The van der Waals surface area contributed by atoms with Gasteiger partial charge < -0.3 is 9.64 Å². The van der Waals surface area contributed by atoms with Gasteiger partial charge in [0.05, 0.1) is 18.1 Å². The SMILES string of the molecule is CO[C@H]1[C@@H](C)C(=O)N2CCC[C@@H]12. The predicted octanol–water partition coefficient (Wildman–Crippen LogP) is 0.642. The molecular weight excluding hydrogens is 154 g/mol. The molecule has 0 aromatic carbocycles. The highest BCUT2D eigenvalue weighted by Crippen LogP contribution is 2.34. The van der Waals surface area contributed by atoms with Crippen LogP contribution in [-0.4, -0.2) is 36.6 Å². The zero-order chi connectivity index (χ0) is 8.72. The maximum Gasteiger partial charge on any atom is 0.228 e. The molecule has 0 aromatic rings. The lowest BCUT2D eigenvalue weighted by Crippen LogP contribution is -2.31. The standard InChI is InChI=1S/C9H15NO2/c1-6-8(12-2)7-4-3-5-10(7)9(6)11/h6-8H,3-5H2,1-2H3/t6-,7+,8+/m1/s1. The summed E-state index contributed by atoms with van der Waals surface area (Å²) in [5.74, 6) is 0.352. The molecule has 12 heavy (non-hydrogen) atoms. The van der Waals surface area contributed by atoms with Gasteiger partial charge in [-0.15, -0.1) is 0 Å². The van der Waals surface area contributed by atoms with Crippen molar-refractivity contribution in [2.45, 2.75) is 31.9 Å². The molecule has 3 heteroatoms. The van der Waals surface area contributed by atoms with Crippen molar-refractivity contribution in [1.29, 1.82) is 0 Å². The van der Waals surface area contributed by atoms with E-state index in [0.717, 1.165) is 19.4 Å². The summed E-state index contributed by atoms with van der Waals surface area (Å²) in [7, 11) is 1.70. The van der Waals surface area contributed by atoms with E-state index in [1.165, 1.54) is 0 Å². The van der Waals surface area contributed by atoms with Gasteiger partial charge in [-0.2, -0.15) is 0 Å². The quantitative estimate of drug-likeness (QED) is 0.576. The summed E-state index contributed by atoms with van der Waals surface area (Å²) >= 11 is 0. The second kappa shape index (κ2) is 2.73. The van der Waals surface area contributed by atoms with Crippen LogP contribution in [0, 0.1) is 5.92 Å². The van der Waals surface area contributed by atoms with Gasteiger partial charge in [-0.25, -0.2) is 0 Å². The molecule has 0 bridgehead atoms. The van der Waals surface area contributed by atoms with Crippen molar-refractivity contribution < 1.29 is 9.53 Å². The minimum Gasteiger partial charge on any atom is -0.378 e. The highest BCUT2D eigenvalue weighted by molar-refractivity contribution is 5.82. The van der Waals surface area contributed by atoms with Gasteiger partial charge in [0.25, 0.3) is 0 Å². The Hall–Kier alpha value is -0.570. The van der Waals surface area contributed by atoms with Gasteiger partial charge in [0.2, 0.25) is 5.91 Å². The van der Waals surface area contributed by atoms with E-state index in [0.29, 0.717) is 6.04 Å². The summed E-state index contributed by atoms with van der Waals surface area (Å²) in [6.45, 7) is 2.91. The number of hydrogen-bond donors (Lipinski definition) is 0. The average molecular weight is 169 g/mol. The number of methoxy groups -OCH3 is 1. The number of nitrogens with zero attached hydrogens (tertiary/aromatic N) is 1. The van der Waals surface area contributed by atoms with E-state index in [9.17, 15) is 4.79 Å². The molecule has 0 spiro atoms. The van der Waals surface area contributed by atoms with Crippen LogP contribution in [0.5, 0.6) is 0 Å².